The summed E-state index contributed by atoms with van der Waals surface area (Å²) in [6, 6.07) is 3.65. The molecule has 0 atom stereocenters. The minimum absolute atomic E-state index is 0.194. The summed E-state index contributed by atoms with van der Waals surface area (Å²) in [5, 5.41) is 9.19. The molecular weight excluding hydrogens is 256 g/mol. The molecule has 1 aliphatic carbocycles. The molecule has 5 nitrogen and oxygen atoms in total. The molecule has 1 fully saturated rings. The molecule has 1 N–H and O–H groups in total. The van der Waals surface area contributed by atoms with Crippen molar-refractivity contribution in [3.05, 3.63) is 24.2 Å². The number of hydrogen-bond acceptors (Lipinski definition) is 4. The van der Waals surface area contributed by atoms with Gasteiger partial charge in [-0.2, -0.15) is 4.98 Å². The van der Waals surface area contributed by atoms with Gasteiger partial charge in [0.05, 0.1) is 6.42 Å². The topological polar surface area (TPSA) is 76.2 Å². The summed E-state index contributed by atoms with van der Waals surface area (Å²) < 4.78 is 5.71. The molecule has 1 aliphatic rings. The Labute approximate surface area is 117 Å². The van der Waals surface area contributed by atoms with E-state index in [1.165, 1.54) is 6.42 Å². The number of oxazole rings is 1. The van der Waals surface area contributed by atoms with Crippen LogP contribution < -0.4 is 0 Å². The van der Waals surface area contributed by atoms with Gasteiger partial charge >= 0.3 is 5.97 Å². The predicted octanol–water partition coefficient (Wildman–Crippen LogP) is 3.19. The molecule has 0 spiro atoms. The Kier molecular flexibility index (Phi) is 3.42. The number of fused-ring (bicyclic) bond motifs is 1. The van der Waals surface area contributed by atoms with Crippen molar-refractivity contribution in [3.63, 3.8) is 0 Å². The quantitative estimate of drug-likeness (QED) is 0.926. The molecule has 20 heavy (non-hydrogen) atoms. The van der Waals surface area contributed by atoms with Crippen LogP contribution in [0.15, 0.2) is 22.7 Å². The molecule has 3 rings (SSSR count). The number of aliphatic carboxylic acids is 1. The van der Waals surface area contributed by atoms with E-state index in [0.29, 0.717) is 23.5 Å². The van der Waals surface area contributed by atoms with Crippen LogP contribution in [0.2, 0.25) is 0 Å². The van der Waals surface area contributed by atoms with Crippen molar-refractivity contribution in [2.24, 2.45) is 5.41 Å². The van der Waals surface area contributed by atoms with Crippen molar-refractivity contribution in [1.29, 1.82) is 0 Å². The molecule has 0 aliphatic heterocycles. The van der Waals surface area contributed by atoms with E-state index in [1.54, 1.807) is 6.20 Å². The van der Waals surface area contributed by atoms with E-state index < -0.39 is 5.97 Å². The zero-order valence-electron chi connectivity index (χ0n) is 11.3. The van der Waals surface area contributed by atoms with Gasteiger partial charge in [0.2, 0.25) is 0 Å². The third kappa shape index (κ3) is 2.66. The van der Waals surface area contributed by atoms with Crippen LogP contribution in [0.1, 0.15) is 44.4 Å². The van der Waals surface area contributed by atoms with Crippen molar-refractivity contribution in [1.82, 2.24) is 9.97 Å². The second-order valence-electron chi connectivity index (χ2n) is 5.74. The van der Waals surface area contributed by atoms with E-state index in [1.807, 2.05) is 12.1 Å². The molecule has 2 aromatic heterocycles. The van der Waals surface area contributed by atoms with E-state index in [2.05, 4.69) is 9.97 Å². The zero-order valence-corrected chi connectivity index (χ0v) is 11.3. The van der Waals surface area contributed by atoms with Gasteiger partial charge in [-0.15, -0.1) is 0 Å². The molecule has 0 saturated heterocycles. The monoisotopic (exact) mass is 274 g/mol. The highest BCUT2D eigenvalue weighted by Gasteiger charge is 2.36. The van der Waals surface area contributed by atoms with E-state index in [4.69, 9.17) is 4.42 Å². The lowest BCUT2D eigenvalue weighted by Crippen LogP contribution is -2.29. The molecular formula is C15H18N2O3. The third-order valence-corrected chi connectivity index (χ3v) is 4.18. The summed E-state index contributed by atoms with van der Waals surface area (Å²) >= 11 is 0. The first-order valence-corrected chi connectivity index (χ1v) is 7.09. The lowest BCUT2D eigenvalue weighted by Gasteiger charge is -2.35. The van der Waals surface area contributed by atoms with E-state index in [-0.39, 0.29) is 11.8 Å². The average molecular weight is 274 g/mol. The number of rotatable bonds is 4. The van der Waals surface area contributed by atoms with Crippen molar-refractivity contribution < 1.29 is 14.3 Å². The fraction of sp³-hybridized carbons (Fsp3) is 0.533. The molecule has 0 amide bonds. The lowest BCUT2D eigenvalue weighted by molar-refractivity contribution is -0.140. The smallest absolute Gasteiger partial charge is 0.303 e. The van der Waals surface area contributed by atoms with Gasteiger partial charge in [0.1, 0.15) is 0 Å². The Morgan fingerprint density at radius 2 is 2.15 bits per heavy atom. The first kappa shape index (κ1) is 13.1. The summed E-state index contributed by atoms with van der Waals surface area (Å²) in [6.07, 6.45) is 7.71. The minimum atomic E-state index is -0.735. The SMILES string of the molecule is O=C(O)CC1(Cc2nc3ncccc3o2)CCCCC1. The molecule has 2 aromatic rings. The van der Waals surface area contributed by atoms with Gasteiger partial charge in [0.25, 0.3) is 0 Å². The average Bonchev–Trinajstić information content (AvgIpc) is 2.80. The summed E-state index contributed by atoms with van der Waals surface area (Å²) in [4.78, 5) is 19.7. The second kappa shape index (κ2) is 5.23. The molecule has 0 unspecified atom stereocenters. The van der Waals surface area contributed by atoms with Crippen LogP contribution in [-0.2, 0) is 11.2 Å². The fourth-order valence-corrected chi connectivity index (χ4v) is 3.25. The molecule has 106 valence electrons. The molecule has 5 heteroatoms. The van der Waals surface area contributed by atoms with Gasteiger partial charge in [-0.1, -0.05) is 19.3 Å². The van der Waals surface area contributed by atoms with Crippen molar-refractivity contribution in [2.75, 3.05) is 0 Å². The van der Waals surface area contributed by atoms with Gasteiger partial charge in [0.15, 0.2) is 17.1 Å². The Hall–Kier alpha value is -1.91. The van der Waals surface area contributed by atoms with Crippen LogP contribution in [0.25, 0.3) is 11.2 Å². The van der Waals surface area contributed by atoms with E-state index in [0.717, 1.165) is 25.7 Å². The summed E-state index contributed by atoms with van der Waals surface area (Å²) in [6.45, 7) is 0. The molecule has 0 aromatic carbocycles. The number of carbonyl (C=O) groups is 1. The van der Waals surface area contributed by atoms with E-state index >= 15 is 0 Å². The second-order valence-corrected chi connectivity index (χ2v) is 5.74. The largest absolute Gasteiger partial charge is 0.481 e. The number of aromatic nitrogens is 2. The number of carboxylic acid groups (broad SMARTS) is 1. The summed E-state index contributed by atoms with van der Waals surface area (Å²) in [5.41, 5.74) is 1.07. The third-order valence-electron chi connectivity index (χ3n) is 4.18. The van der Waals surface area contributed by atoms with Gasteiger partial charge in [-0.05, 0) is 30.4 Å². The summed E-state index contributed by atoms with van der Waals surface area (Å²) in [5.74, 6) is -0.122. The maximum Gasteiger partial charge on any atom is 0.303 e. The van der Waals surface area contributed by atoms with Crippen molar-refractivity contribution >= 4 is 17.2 Å². The maximum absolute atomic E-state index is 11.2. The Morgan fingerprint density at radius 1 is 1.35 bits per heavy atom. The van der Waals surface area contributed by atoms with Crippen LogP contribution in [0.3, 0.4) is 0 Å². The fourth-order valence-electron chi connectivity index (χ4n) is 3.25. The lowest BCUT2D eigenvalue weighted by atomic mass is 9.69. The molecule has 0 radical (unpaired) electrons. The summed E-state index contributed by atoms with van der Waals surface area (Å²) in [7, 11) is 0. The Bertz CT molecular complexity index is 581. The molecule has 1 saturated carbocycles. The molecule has 0 bridgehead atoms. The van der Waals surface area contributed by atoms with Crippen LogP contribution in [0.5, 0.6) is 0 Å². The zero-order chi connectivity index (χ0) is 14.0. The van der Waals surface area contributed by atoms with Crippen LogP contribution >= 0.6 is 0 Å². The highest BCUT2D eigenvalue weighted by molar-refractivity contribution is 5.68. The highest BCUT2D eigenvalue weighted by atomic mass is 16.4. The van der Waals surface area contributed by atoms with Crippen LogP contribution in [-0.4, -0.2) is 21.0 Å². The Morgan fingerprint density at radius 3 is 2.85 bits per heavy atom. The number of hydrogen-bond donors (Lipinski definition) is 1. The maximum atomic E-state index is 11.2. The van der Waals surface area contributed by atoms with E-state index in [9.17, 15) is 9.90 Å². The van der Waals surface area contributed by atoms with Gasteiger partial charge in [-0.3, -0.25) is 4.79 Å². The first-order valence-electron chi connectivity index (χ1n) is 7.09. The Balaban J connectivity index is 1.86. The predicted molar refractivity (Wildman–Crippen MR) is 73.3 cm³/mol. The minimum Gasteiger partial charge on any atom is -0.481 e. The van der Waals surface area contributed by atoms with Crippen molar-refractivity contribution in [2.45, 2.75) is 44.9 Å². The number of carboxylic acids is 1. The van der Waals surface area contributed by atoms with Gasteiger partial charge < -0.3 is 9.52 Å². The molecule has 2 heterocycles. The van der Waals surface area contributed by atoms with Crippen molar-refractivity contribution in [3.8, 4) is 0 Å². The number of nitrogens with zero attached hydrogens (tertiary/aromatic N) is 2. The first-order chi connectivity index (χ1) is 9.67. The van der Waals surface area contributed by atoms with Crippen LogP contribution in [0, 0.1) is 5.41 Å². The van der Waals surface area contributed by atoms with Crippen LogP contribution in [0.4, 0.5) is 0 Å². The normalized spacial score (nSPS) is 18.2. The number of pyridine rings is 1. The van der Waals surface area contributed by atoms with Gasteiger partial charge in [0, 0.05) is 12.6 Å². The standard InChI is InChI=1S/C15H18N2O3/c18-13(19)10-15(6-2-1-3-7-15)9-12-17-14-11(20-12)5-4-8-16-14/h4-5,8H,1-3,6-7,9-10H2,(H,18,19). The highest BCUT2D eigenvalue weighted by Crippen LogP contribution is 2.42. The van der Waals surface area contributed by atoms with Gasteiger partial charge in [-0.25, -0.2) is 4.98 Å².